The second-order valence-electron chi connectivity index (χ2n) is 5.02. The Kier molecular flexibility index (Phi) is 3.35. The summed E-state index contributed by atoms with van der Waals surface area (Å²) >= 11 is 0. The van der Waals surface area contributed by atoms with Crippen LogP contribution in [-0.4, -0.2) is 33.1 Å². The molecular weight excluding hydrogens is 260 g/mol. The first kappa shape index (κ1) is 13.0. The highest BCUT2D eigenvalue weighted by Gasteiger charge is 2.23. The van der Waals surface area contributed by atoms with Crippen LogP contribution < -0.4 is 5.56 Å². The van der Waals surface area contributed by atoms with Gasteiger partial charge in [-0.15, -0.1) is 0 Å². The molecule has 106 valence electrons. The summed E-state index contributed by atoms with van der Waals surface area (Å²) in [5.74, 6) is 1.23. The lowest BCUT2D eigenvalue weighted by Crippen LogP contribution is -2.24. The number of aryl methyl sites for hydroxylation is 2. The van der Waals surface area contributed by atoms with Gasteiger partial charge in [0, 0.05) is 18.6 Å². The molecule has 7 nitrogen and oxygen atoms in total. The molecule has 0 bridgehead atoms. The normalized spacial score (nSPS) is 18.6. The van der Waals surface area contributed by atoms with Crippen LogP contribution >= 0.6 is 0 Å². The second kappa shape index (κ2) is 5.16. The Morgan fingerprint density at radius 3 is 3.05 bits per heavy atom. The van der Waals surface area contributed by atoms with Crippen LogP contribution in [0.15, 0.2) is 15.4 Å². The third kappa shape index (κ3) is 2.49. The highest BCUT2D eigenvalue weighted by molar-refractivity contribution is 5.13. The fourth-order valence-corrected chi connectivity index (χ4v) is 2.15. The molecule has 1 aliphatic rings. The van der Waals surface area contributed by atoms with Crippen molar-refractivity contribution < 1.29 is 9.26 Å². The molecule has 1 atom stereocenters. The van der Waals surface area contributed by atoms with Gasteiger partial charge < -0.3 is 9.26 Å². The summed E-state index contributed by atoms with van der Waals surface area (Å²) in [4.78, 5) is 16.2. The van der Waals surface area contributed by atoms with E-state index in [-0.39, 0.29) is 18.0 Å². The van der Waals surface area contributed by atoms with Crippen LogP contribution in [0.3, 0.4) is 0 Å². The van der Waals surface area contributed by atoms with Crippen molar-refractivity contribution in [2.24, 2.45) is 0 Å². The second-order valence-corrected chi connectivity index (χ2v) is 5.02. The SMILES string of the molecule is Cc1cc(=O)n(Cc2nc(C3CCOC3)no2)nc1C. The Bertz CT molecular complexity index is 670. The molecular formula is C13H16N4O3. The lowest BCUT2D eigenvalue weighted by atomic mass is 10.1. The van der Waals surface area contributed by atoms with Gasteiger partial charge in [0.25, 0.3) is 5.56 Å². The first-order valence-electron chi connectivity index (χ1n) is 6.59. The fourth-order valence-electron chi connectivity index (χ4n) is 2.15. The van der Waals surface area contributed by atoms with E-state index in [1.807, 2.05) is 13.8 Å². The fraction of sp³-hybridized carbons (Fsp3) is 0.538. The molecule has 3 rings (SSSR count). The third-order valence-corrected chi connectivity index (χ3v) is 3.50. The monoisotopic (exact) mass is 276 g/mol. The summed E-state index contributed by atoms with van der Waals surface area (Å²) in [6, 6.07) is 1.56. The zero-order chi connectivity index (χ0) is 14.1. The predicted molar refractivity (Wildman–Crippen MR) is 69.5 cm³/mol. The summed E-state index contributed by atoms with van der Waals surface area (Å²) in [7, 11) is 0. The summed E-state index contributed by atoms with van der Waals surface area (Å²) in [6.45, 7) is 5.27. The molecule has 1 aliphatic heterocycles. The summed E-state index contributed by atoms with van der Waals surface area (Å²) in [6.07, 6.45) is 0.904. The molecule has 0 radical (unpaired) electrons. The van der Waals surface area contributed by atoms with Gasteiger partial charge in [-0.05, 0) is 25.8 Å². The number of aromatic nitrogens is 4. The minimum absolute atomic E-state index is 0.169. The van der Waals surface area contributed by atoms with E-state index in [0.717, 1.165) is 24.3 Å². The van der Waals surface area contributed by atoms with Crippen LogP contribution in [0.25, 0.3) is 0 Å². The van der Waals surface area contributed by atoms with Gasteiger partial charge in [0.2, 0.25) is 5.89 Å². The zero-order valence-electron chi connectivity index (χ0n) is 11.5. The summed E-state index contributed by atoms with van der Waals surface area (Å²) < 4.78 is 11.8. The summed E-state index contributed by atoms with van der Waals surface area (Å²) in [5.41, 5.74) is 1.52. The highest BCUT2D eigenvalue weighted by Crippen LogP contribution is 2.22. The van der Waals surface area contributed by atoms with Gasteiger partial charge in [0.15, 0.2) is 5.82 Å². The number of rotatable bonds is 3. The van der Waals surface area contributed by atoms with Gasteiger partial charge in [0.05, 0.1) is 12.3 Å². The van der Waals surface area contributed by atoms with E-state index in [2.05, 4.69) is 15.2 Å². The van der Waals surface area contributed by atoms with Gasteiger partial charge in [-0.25, -0.2) is 4.68 Å². The van der Waals surface area contributed by atoms with Crippen molar-refractivity contribution in [3.8, 4) is 0 Å². The van der Waals surface area contributed by atoms with E-state index in [0.29, 0.717) is 18.3 Å². The number of hydrogen-bond donors (Lipinski definition) is 0. The molecule has 20 heavy (non-hydrogen) atoms. The molecule has 0 amide bonds. The Morgan fingerprint density at radius 1 is 1.45 bits per heavy atom. The topological polar surface area (TPSA) is 83.0 Å². The number of nitrogens with zero attached hydrogens (tertiary/aromatic N) is 4. The van der Waals surface area contributed by atoms with Crippen LogP contribution in [-0.2, 0) is 11.3 Å². The molecule has 2 aromatic heterocycles. The van der Waals surface area contributed by atoms with Gasteiger partial charge >= 0.3 is 0 Å². The lowest BCUT2D eigenvalue weighted by molar-refractivity contribution is 0.192. The average molecular weight is 276 g/mol. The minimum Gasteiger partial charge on any atom is -0.381 e. The average Bonchev–Trinajstić information content (AvgIpc) is 3.06. The lowest BCUT2D eigenvalue weighted by Gasteiger charge is -2.04. The van der Waals surface area contributed by atoms with Gasteiger partial charge in [-0.3, -0.25) is 4.79 Å². The predicted octanol–water partition coefficient (Wildman–Crippen LogP) is 0.795. The van der Waals surface area contributed by atoms with Crippen molar-refractivity contribution in [2.75, 3.05) is 13.2 Å². The van der Waals surface area contributed by atoms with Crippen LogP contribution in [0, 0.1) is 13.8 Å². The van der Waals surface area contributed by atoms with Crippen LogP contribution in [0.2, 0.25) is 0 Å². The number of hydrogen-bond acceptors (Lipinski definition) is 6. The van der Waals surface area contributed by atoms with Crippen molar-refractivity contribution in [3.05, 3.63) is 39.4 Å². The highest BCUT2D eigenvalue weighted by atomic mass is 16.5. The maximum atomic E-state index is 11.9. The van der Waals surface area contributed by atoms with Gasteiger partial charge in [0.1, 0.15) is 6.54 Å². The van der Waals surface area contributed by atoms with E-state index in [1.54, 1.807) is 6.07 Å². The molecule has 0 N–H and O–H groups in total. The van der Waals surface area contributed by atoms with E-state index < -0.39 is 0 Å². The zero-order valence-corrected chi connectivity index (χ0v) is 11.5. The molecule has 0 saturated carbocycles. The molecule has 0 spiro atoms. The molecule has 0 aliphatic carbocycles. The quantitative estimate of drug-likeness (QED) is 0.824. The van der Waals surface area contributed by atoms with E-state index >= 15 is 0 Å². The van der Waals surface area contributed by atoms with Gasteiger partial charge in [-0.2, -0.15) is 10.1 Å². The Hall–Kier alpha value is -2.02. The van der Waals surface area contributed by atoms with Gasteiger partial charge in [-0.1, -0.05) is 5.16 Å². The van der Waals surface area contributed by atoms with Crippen molar-refractivity contribution in [2.45, 2.75) is 32.7 Å². The first-order chi connectivity index (χ1) is 9.63. The van der Waals surface area contributed by atoms with E-state index in [9.17, 15) is 4.79 Å². The standard InChI is InChI=1S/C13H16N4O3/c1-8-5-12(18)17(15-9(8)2)6-11-14-13(16-20-11)10-3-4-19-7-10/h5,10H,3-4,6-7H2,1-2H3. The smallest absolute Gasteiger partial charge is 0.267 e. The number of ether oxygens (including phenoxy) is 1. The van der Waals surface area contributed by atoms with E-state index in [1.165, 1.54) is 4.68 Å². The van der Waals surface area contributed by atoms with Crippen molar-refractivity contribution in [3.63, 3.8) is 0 Å². The Morgan fingerprint density at radius 2 is 2.30 bits per heavy atom. The first-order valence-corrected chi connectivity index (χ1v) is 6.59. The molecule has 0 aromatic carbocycles. The van der Waals surface area contributed by atoms with Crippen molar-refractivity contribution >= 4 is 0 Å². The third-order valence-electron chi connectivity index (χ3n) is 3.50. The molecule has 1 fully saturated rings. The summed E-state index contributed by atoms with van der Waals surface area (Å²) in [5, 5.41) is 8.18. The van der Waals surface area contributed by atoms with Crippen LogP contribution in [0.5, 0.6) is 0 Å². The van der Waals surface area contributed by atoms with Crippen molar-refractivity contribution in [1.82, 2.24) is 19.9 Å². The minimum atomic E-state index is -0.169. The Balaban J connectivity index is 1.81. The van der Waals surface area contributed by atoms with E-state index in [4.69, 9.17) is 9.26 Å². The largest absolute Gasteiger partial charge is 0.381 e. The molecule has 1 unspecified atom stereocenters. The van der Waals surface area contributed by atoms with Crippen LogP contribution in [0.1, 0.15) is 35.3 Å². The molecule has 3 heterocycles. The van der Waals surface area contributed by atoms with Crippen LogP contribution in [0.4, 0.5) is 0 Å². The maximum absolute atomic E-state index is 11.9. The molecule has 7 heteroatoms. The maximum Gasteiger partial charge on any atom is 0.267 e. The molecule has 2 aromatic rings. The van der Waals surface area contributed by atoms with Crippen molar-refractivity contribution in [1.29, 1.82) is 0 Å². The molecule has 1 saturated heterocycles. The Labute approximate surface area is 115 Å².